The van der Waals surface area contributed by atoms with Crippen LogP contribution in [-0.2, 0) is 14.3 Å². The van der Waals surface area contributed by atoms with Gasteiger partial charge in [0.15, 0.2) is 5.78 Å². The van der Waals surface area contributed by atoms with Gasteiger partial charge in [-0.1, -0.05) is 6.92 Å². The fourth-order valence-corrected chi connectivity index (χ4v) is 2.07. The van der Waals surface area contributed by atoms with Crippen molar-refractivity contribution in [2.45, 2.75) is 45.8 Å². The molecule has 3 heteroatoms. The van der Waals surface area contributed by atoms with Gasteiger partial charge in [-0.2, -0.15) is 0 Å². The van der Waals surface area contributed by atoms with Crippen LogP contribution in [0.4, 0.5) is 0 Å². The molecule has 0 heterocycles. The molecule has 0 radical (unpaired) electrons. The van der Waals surface area contributed by atoms with Crippen molar-refractivity contribution >= 4 is 5.78 Å². The normalized spacial score (nSPS) is 26.5. The van der Waals surface area contributed by atoms with Gasteiger partial charge in [0, 0.05) is 25.6 Å². The average molecular weight is 200 g/mol. The van der Waals surface area contributed by atoms with Crippen molar-refractivity contribution in [1.29, 1.82) is 0 Å². The van der Waals surface area contributed by atoms with E-state index in [1.165, 1.54) is 0 Å². The van der Waals surface area contributed by atoms with Gasteiger partial charge in [-0.05, 0) is 26.7 Å². The first-order valence-corrected chi connectivity index (χ1v) is 5.48. The van der Waals surface area contributed by atoms with Crippen LogP contribution in [0, 0.1) is 5.92 Å². The number of hydrogen-bond donors (Lipinski definition) is 0. The van der Waals surface area contributed by atoms with Crippen molar-refractivity contribution in [3.63, 3.8) is 0 Å². The number of rotatable bonds is 4. The summed E-state index contributed by atoms with van der Waals surface area (Å²) < 4.78 is 11.0. The van der Waals surface area contributed by atoms with Crippen LogP contribution in [0.3, 0.4) is 0 Å². The van der Waals surface area contributed by atoms with Crippen LogP contribution in [0.1, 0.15) is 40.0 Å². The third-order valence-electron chi connectivity index (χ3n) is 2.72. The van der Waals surface area contributed by atoms with Gasteiger partial charge in [0.25, 0.3) is 0 Å². The molecule has 0 saturated heterocycles. The molecule has 0 aromatic carbocycles. The number of ketones is 1. The van der Waals surface area contributed by atoms with E-state index in [1.807, 2.05) is 20.8 Å². The first-order valence-electron chi connectivity index (χ1n) is 5.48. The molecule has 1 fully saturated rings. The van der Waals surface area contributed by atoms with Gasteiger partial charge in [-0.3, -0.25) is 4.79 Å². The first kappa shape index (κ1) is 11.7. The highest BCUT2D eigenvalue weighted by atomic mass is 16.7. The highest BCUT2D eigenvalue weighted by molar-refractivity contribution is 5.88. The van der Waals surface area contributed by atoms with Gasteiger partial charge >= 0.3 is 0 Å². The van der Waals surface area contributed by atoms with E-state index in [1.54, 1.807) is 0 Å². The van der Waals surface area contributed by atoms with Crippen molar-refractivity contribution in [2.24, 2.45) is 5.92 Å². The van der Waals surface area contributed by atoms with Gasteiger partial charge in [-0.15, -0.1) is 0 Å². The van der Waals surface area contributed by atoms with Gasteiger partial charge in [0.2, 0.25) is 5.79 Å². The Kier molecular flexibility index (Phi) is 4.08. The molecule has 0 aliphatic heterocycles. The highest BCUT2D eigenvalue weighted by Gasteiger charge is 2.44. The summed E-state index contributed by atoms with van der Waals surface area (Å²) in [6, 6.07) is 0. The second kappa shape index (κ2) is 4.89. The summed E-state index contributed by atoms with van der Waals surface area (Å²) in [6.45, 7) is 6.80. The minimum atomic E-state index is -0.929. The summed E-state index contributed by atoms with van der Waals surface area (Å²) in [5.74, 6) is -0.740. The summed E-state index contributed by atoms with van der Waals surface area (Å²) in [5, 5.41) is 0. The standard InChI is InChI=1S/C11H20O3/c1-4-13-11(14-5-2)8-6-7-9(3)10(11)12/h9H,4-8H2,1-3H3. The van der Waals surface area contributed by atoms with Gasteiger partial charge in [0.1, 0.15) is 0 Å². The number of hydrogen-bond acceptors (Lipinski definition) is 3. The van der Waals surface area contributed by atoms with E-state index in [-0.39, 0.29) is 11.7 Å². The number of ether oxygens (including phenoxy) is 2. The van der Waals surface area contributed by atoms with E-state index in [0.29, 0.717) is 19.6 Å². The van der Waals surface area contributed by atoms with E-state index in [4.69, 9.17) is 9.47 Å². The minimum Gasteiger partial charge on any atom is -0.344 e. The fraction of sp³-hybridized carbons (Fsp3) is 0.909. The molecule has 1 unspecified atom stereocenters. The fourth-order valence-electron chi connectivity index (χ4n) is 2.07. The molecule has 1 saturated carbocycles. The van der Waals surface area contributed by atoms with Crippen LogP contribution in [-0.4, -0.2) is 24.8 Å². The van der Waals surface area contributed by atoms with Crippen LogP contribution in [0.15, 0.2) is 0 Å². The van der Waals surface area contributed by atoms with Gasteiger partial charge in [0.05, 0.1) is 0 Å². The van der Waals surface area contributed by atoms with Crippen LogP contribution in [0.2, 0.25) is 0 Å². The summed E-state index contributed by atoms with van der Waals surface area (Å²) >= 11 is 0. The Bertz CT molecular complexity index is 189. The molecule has 0 spiro atoms. The Morgan fingerprint density at radius 3 is 2.43 bits per heavy atom. The predicted octanol–water partition coefficient (Wildman–Crippen LogP) is 2.14. The van der Waals surface area contributed by atoms with Gasteiger partial charge in [-0.25, -0.2) is 0 Å². The second-order valence-corrected chi connectivity index (χ2v) is 3.78. The Labute approximate surface area is 85.8 Å². The monoisotopic (exact) mass is 200 g/mol. The third kappa shape index (κ3) is 2.15. The van der Waals surface area contributed by atoms with E-state index in [0.717, 1.165) is 12.8 Å². The molecule has 3 nitrogen and oxygen atoms in total. The van der Waals surface area contributed by atoms with Crippen LogP contribution in [0.5, 0.6) is 0 Å². The molecule has 0 aromatic heterocycles. The Balaban J connectivity index is 2.77. The quantitative estimate of drug-likeness (QED) is 0.652. The van der Waals surface area contributed by atoms with Crippen LogP contribution >= 0.6 is 0 Å². The molecule has 1 aliphatic carbocycles. The van der Waals surface area contributed by atoms with Crippen molar-refractivity contribution in [1.82, 2.24) is 0 Å². The van der Waals surface area contributed by atoms with Crippen LogP contribution in [0.25, 0.3) is 0 Å². The topological polar surface area (TPSA) is 35.5 Å². The molecule has 82 valence electrons. The molecule has 0 bridgehead atoms. The van der Waals surface area contributed by atoms with Crippen LogP contribution < -0.4 is 0 Å². The third-order valence-corrected chi connectivity index (χ3v) is 2.72. The first-order chi connectivity index (χ1) is 6.66. The zero-order chi connectivity index (χ0) is 10.6. The number of carbonyl (C=O) groups is 1. The number of carbonyl (C=O) groups excluding carboxylic acids is 1. The maximum Gasteiger partial charge on any atom is 0.229 e. The molecular formula is C11H20O3. The van der Waals surface area contributed by atoms with E-state index in [2.05, 4.69) is 0 Å². The SMILES string of the molecule is CCOC1(OCC)CCCC(C)C1=O. The summed E-state index contributed by atoms with van der Waals surface area (Å²) in [4.78, 5) is 12.0. The lowest BCUT2D eigenvalue weighted by atomic mass is 9.84. The van der Waals surface area contributed by atoms with Crippen molar-refractivity contribution < 1.29 is 14.3 Å². The molecular weight excluding hydrogens is 180 g/mol. The molecule has 0 aromatic rings. The molecule has 0 amide bonds. The molecule has 0 N–H and O–H groups in total. The molecule has 1 atom stereocenters. The minimum absolute atomic E-state index is 0.0712. The van der Waals surface area contributed by atoms with Crippen molar-refractivity contribution in [3.05, 3.63) is 0 Å². The maximum absolute atomic E-state index is 12.0. The predicted molar refractivity (Wildman–Crippen MR) is 54.0 cm³/mol. The van der Waals surface area contributed by atoms with E-state index >= 15 is 0 Å². The smallest absolute Gasteiger partial charge is 0.229 e. The Hall–Kier alpha value is -0.410. The Morgan fingerprint density at radius 2 is 1.93 bits per heavy atom. The average Bonchev–Trinajstić information content (AvgIpc) is 2.15. The molecule has 1 aliphatic rings. The van der Waals surface area contributed by atoms with E-state index in [9.17, 15) is 4.79 Å². The Morgan fingerprint density at radius 1 is 1.36 bits per heavy atom. The molecule has 1 rings (SSSR count). The maximum atomic E-state index is 12.0. The lowest BCUT2D eigenvalue weighted by molar-refractivity contribution is -0.237. The number of Topliss-reactive ketones (excluding diaryl/α,β-unsaturated/α-hetero) is 1. The second-order valence-electron chi connectivity index (χ2n) is 3.78. The summed E-state index contributed by atoms with van der Waals surface area (Å²) in [7, 11) is 0. The highest BCUT2D eigenvalue weighted by Crippen LogP contribution is 2.33. The largest absolute Gasteiger partial charge is 0.344 e. The zero-order valence-electron chi connectivity index (χ0n) is 9.34. The summed E-state index contributed by atoms with van der Waals surface area (Å²) in [5.41, 5.74) is 0. The van der Waals surface area contributed by atoms with Crippen molar-refractivity contribution in [2.75, 3.05) is 13.2 Å². The van der Waals surface area contributed by atoms with Gasteiger partial charge < -0.3 is 9.47 Å². The molecule has 14 heavy (non-hydrogen) atoms. The van der Waals surface area contributed by atoms with E-state index < -0.39 is 5.79 Å². The van der Waals surface area contributed by atoms with Crippen molar-refractivity contribution in [3.8, 4) is 0 Å². The lowest BCUT2D eigenvalue weighted by Gasteiger charge is -2.37. The summed E-state index contributed by atoms with van der Waals surface area (Å²) in [6.07, 6.45) is 2.67. The lowest BCUT2D eigenvalue weighted by Crippen LogP contribution is -2.49. The zero-order valence-corrected chi connectivity index (χ0v) is 9.34.